The van der Waals surface area contributed by atoms with Gasteiger partial charge in [0, 0.05) is 36.3 Å². The molecule has 0 aliphatic heterocycles. The van der Waals surface area contributed by atoms with Gasteiger partial charge >= 0.3 is 0 Å². The number of nitrogens with zero attached hydrogens (tertiary/aromatic N) is 4. The quantitative estimate of drug-likeness (QED) is 0.565. The number of aromatic nitrogens is 4. The fourth-order valence-electron chi connectivity index (χ4n) is 2.93. The summed E-state index contributed by atoms with van der Waals surface area (Å²) in [6.07, 6.45) is 5.82. The Labute approximate surface area is 166 Å². The van der Waals surface area contributed by atoms with E-state index in [4.69, 9.17) is 4.98 Å². The molecule has 0 aromatic carbocycles. The third kappa shape index (κ3) is 4.66. The van der Waals surface area contributed by atoms with Gasteiger partial charge < -0.3 is 0 Å². The molecule has 1 atom stereocenters. The van der Waals surface area contributed by atoms with Gasteiger partial charge in [-0.1, -0.05) is 26.8 Å². The summed E-state index contributed by atoms with van der Waals surface area (Å²) in [5, 5.41) is 0. The van der Waals surface area contributed by atoms with Crippen LogP contribution < -0.4 is 0 Å². The summed E-state index contributed by atoms with van der Waals surface area (Å²) < 4.78 is 0. The maximum absolute atomic E-state index is 13.0. The van der Waals surface area contributed by atoms with Crippen LogP contribution in [0.4, 0.5) is 0 Å². The number of rotatable bonds is 6. The average Bonchev–Trinajstić information content (AvgIpc) is 2.68. The van der Waals surface area contributed by atoms with Crippen LogP contribution in [0.25, 0.3) is 11.4 Å². The molecule has 28 heavy (non-hydrogen) atoms. The second-order valence-corrected chi connectivity index (χ2v) is 7.63. The van der Waals surface area contributed by atoms with Gasteiger partial charge in [-0.05, 0) is 55.0 Å². The first-order chi connectivity index (χ1) is 13.3. The topological polar surface area (TPSA) is 68.6 Å². The number of Topliss-reactive ketones (excluding diaryl/α,β-unsaturated/α-hetero) is 1. The molecular weight excluding hydrogens is 348 g/mol. The molecule has 3 heterocycles. The standard InChI is InChI=1S/C23H26N4O/c1-14(2)21-9-18(10-22(27-21)20-7-6-15(3)11-26-20)23(28)8-16(4)19-12-24-17(5)25-13-19/h6-7,9-14,16H,8H2,1-5H3/t16-/m0/s1. The van der Waals surface area contributed by atoms with Gasteiger partial charge in [0.2, 0.25) is 0 Å². The van der Waals surface area contributed by atoms with Crippen LogP contribution in [0.3, 0.4) is 0 Å². The van der Waals surface area contributed by atoms with Gasteiger partial charge in [-0.15, -0.1) is 0 Å². The fourth-order valence-corrected chi connectivity index (χ4v) is 2.93. The summed E-state index contributed by atoms with van der Waals surface area (Å²) in [4.78, 5) is 30.7. The summed E-state index contributed by atoms with van der Waals surface area (Å²) in [7, 11) is 0. The van der Waals surface area contributed by atoms with Crippen LogP contribution in [0.2, 0.25) is 0 Å². The van der Waals surface area contributed by atoms with E-state index in [0.717, 1.165) is 34.0 Å². The molecule has 0 aliphatic carbocycles. The monoisotopic (exact) mass is 374 g/mol. The van der Waals surface area contributed by atoms with Crippen LogP contribution in [-0.2, 0) is 0 Å². The van der Waals surface area contributed by atoms with Crippen LogP contribution in [0.5, 0.6) is 0 Å². The highest BCUT2D eigenvalue weighted by Gasteiger charge is 2.17. The molecule has 144 valence electrons. The van der Waals surface area contributed by atoms with Crippen LogP contribution in [-0.4, -0.2) is 25.7 Å². The minimum absolute atomic E-state index is 0.0460. The van der Waals surface area contributed by atoms with Gasteiger partial charge in [-0.25, -0.2) is 9.97 Å². The van der Waals surface area contributed by atoms with E-state index in [-0.39, 0.29) is 17.6 Å². The molecular formula is C23H26N4O. The van der Waals surface area contributed by atoms with Crippen molar-refractivity contribution in [2.45, 2.75) is 52.9 Å². The van der Waals surface area contributed by atoms with Gasteiger partial charge in [-0.3, -0.25) is 14.8 Å². The zero-order chi connectivity index (χ0) is 20.3. The van der Waals surface area contributed by atoms with E-state index in [0.29, 0.717) is 12.0 Å². The molecule has 0 amide bonds. The Morgan fingerprint density at radius 1 is 0.929 bits per heavy atom. The Morgan fingerprint density at radius 2 is 1.64 bits per heavy atom. The molecule has 5 heteroatoms. The SMILES string of the molecule is Cc1ccc(-c2cc(C(=O)C[C@H](C)c3cnc(C)nc3)cc(C(C)C)n2)nc1. The molecule has 3 aromatic heterocycles. The van der Waals surface area contributed by atoms with Crippen molar-refractivity contribution < 1.29 is 4.79 Å². The van der Waals surface area contributed by atoms with E-state index in [1.54, 1.807) is 12.4 Å². The molecule has 0 aliphatic rings. The summed E-state index contributed by atoms with van der Waals surface area (Å²) >= 11 is 0. The van der Waals surface area contributed by atoms with Crippen molar-refractivity contribution in [1.29, 1.82) is 0 Å². The van der Waals surface area contributed by atoms with Gasteiger partial charge in [0.25, 0.3) is 0 Å². The van der Waals surface area contributed by atoms with Crippen molar-refractivity contribution in [2.24, 2.45) is 0 Å². The second kappa shape index (κ2) is 8.38. The lowest BCUT2D eigenvalue weighted by Crippen LogP contribution is -2.08. The Kier molecular flexibility index (Phi) is 5.93. The van der Waals surface area contributed by atoms with Crippen LogP contribution in [0.1, 0.15) is 72.0 Å². The predicted molar refractivity (Wildman–Crippen MR) is 110 cm³/mol. The normalized spacial score (nSPS) is 12.2. The lowest BCUT2D eigenvalue weighted by atomic mass is 9.94. The molecule has 3 aromatic rings. The number of carbonyl (C=O) groups is 1. The van der Waals surface area contributed by atoms with Crippen LogP contribution in [0.15, 0.2) is 42.9 Å². The number of ketones is 1. The Morgan fingerprint density at radius 3 is 2.25 bits per heavy atom. The van der Waals surface area contributed by atoms with Crippen molar-refractivity contribution in [1.82, 2.24) is 19.9 Å². The molecule has 0 bridgehead atoms. The zero-order valence-electron chi connectivity index (χ0n) is 17.1. The first-order valence-electron chi connectivity index (χ1n) is 9.60. The van der Waals surface area contributed by atoms with E-state index in [9.17, 15) is 4.79 Å². The number of hydrogen-bond acceptors (Lipinski definition) is 5. The Balaban J connectivity index is 1.90. The molecule has 3 rings (SSSR count). The smallest absolute Gasteiger partial charge is 0.163 e. The van der Waals surface area contributed by atoms with Gasteiger partial charge in [0.05, 0.1) is 11.4 Å². The maximum atomic E-state index is 13.0. The molecule has 0 fully saturated rings. The number of pyridine rings is 2. The third-order valence-electron chi connectivity index (χ3n) is 4.79. The number of aryl methyl sites for hydroxylation is 2. The molecule has 0 N–H and O–H groups in total. The molecule has 5 nitrogen and oxygen atoms in total. The first-order valence-corrected chi connectivity index (χ1v) is 9.60. The molecule has 0 unspecified atom stereocenters. The summed E-state index contributed by atoms with van der Waals surface area (Å²) in [6.45, 7) is 10.0. The number of hydrogen-bond donors (Lipinski definition) is 0. The lowest BCUT2D eigenvalue weighted by Gasteiger charge is -2.13. The van der Waals surface area contributed by atoms with Crippen molar-refractivity contribution >= 4 is 5.78 Å². The molecule has 0 spiro atoms. The Hall–Kier alpha value is -2.95. The second-order valence-electron chi connectivity index (χ2n) is 7.63. The van der Waals surface area contributed by atoms with Crippen molar-refractivity contribution in [2.75, 3.05) is 0 Å². The zero-order valence-corrected chi connectivity index (χ0v) is 17.1. The van der Waals surface area contributed by atoms with Crippen LogP contribution in [0, 0.1) is 13.8 Å². The summed E-state index contributed by atoms with van der Waals surface area (Å²) in [5.74, 6) is 1.09. The van der Waals surface area contributed by atoms with Crippen molar-refractivity contribution in [3.63, 3.8) is 0 Å². The van der Waals surface area contributed by atoms with Gasteiger partial charge in [-0.2, -0.15) is 0 Å². The van der Waals surface area contributed by atoms with E-state index in [1.807, 2.05) is 51.2 Å². The van der Waals surface area contributed by atoms with E-state index in [1.165, 1.54) is 0 Å². The minimum atomic E-state index is 0.0460. The van der Waals surface area contributed by atoms with Crippen molar-refractivity contribution in [3.05, 3.63) is 71.1 Å². The minimum Gasteiger partial charge on any atom is -0.294 e. The highest BCUT2D eigenvalue weighted by molar-refractivity contribution is 5.97. The van der Waals surface area contributed by atoms with Gasteiger partial charge in [0.15, 0.2) is 5.78 Å². The van der Waals surface area contributed by atoms with Crippen molar-refractivity contribution in [3.8, 4) is 11.4 Å². The highest BCUT2D eigenvalue weighted by Crippen LogP contribution is 2.25. The Bertz CT molecular complexity index is 963. The molecule has 0 radical (unpaired) electrons. The first kappa shape index (κ1) is 19.8. The summed E-state index contributed by atoms with van der Waals surface area (Å²) in [6, 6.07) is 7.71. The molecule has 0 saturated carbocycles. The van der Waals surface area contributed by atoms with E-state index < -0.39 is 0 Å². The third-order valence-corrected chi connectivity index (χ3v) is 4.79. The molecule has 0 saturated heterocycles. The largest absolute Gasteiger partial charge is 0.294 e. The van der Waals surface area contributed by atoms with E-state index >= 15 is 0 Å². The predicted octanol–water partition coefficient (Wildman–Crippen LogP) is 5.05. The maximum Gasteiger partial charge on any atom is 0.163 e. The lowest BCUT2D eigenvalue weighted by molar-refractivity contribution is 0.0975. The average molecular weight is 374 g/mol. The fraction of sp³-hybridized carbons (Fsp3) is 0.348. The highest BCUT2D eigenvalue weighted by atomic mass is 16.1. The van der Waals surface area contributed by atoms with Gasteiger partial charge in [0.1, 0.15) is 5.82 Å². The van der Waals surface area contributed by atoms with Crippen LogP contribution >= 0.6 is 0 Å². The van der Waals surface area contributed by atoms with E-state index in [2.05, 4.69) is 28.8 Å². The summed E-state index contributed by atoms with van der Waals surface area (Å²) in [5.41, 5.74) is 5.15. The number of carbonyl (C=O) groups excluding carboxylic acids is 1.